The number of hydrogen-bond donors (Lipinski definition) is 0. The molecule has 0 amide bonds. The zero-order valence-corrected chi connectivity index (χ0v) is 9.34. The summed E-state index contributed by atoms with van der Waals surface area (Å²) in [5, 5.41) is 0. The fourth-order valence-corrected chi connectivity index (χ4v) is 1.38. The molecule has 0 aliphatic carbocycles. The SMILES string of the molecule is C#CCCN(CCCC)C(C)CC. The van der Waals surface area contributed by atoms with E-state index < -0.39 is 0 Å². The van der Waals surface area contributed by atoms with Crippen LogP contribution in [0.2, 0.25) is 0 Å². The van der Waals surface area contributed by atoms with Crippen molar-refractivity contribution < 1.29 is 0 Å². The van der Waals surface area contributed by atoms with E-state index >= 15 is 0 Å². The van der Waals surface area contributed by atoms with Gasteiger partial charge >= 0.3 is 0 Å². The van der Waals surface area contributed by atoms with Gasteiger partial charge in [0.2, 0.25) is 0 Å². The van der Waals surface area contributed by atoms with Crippen LogP contribution in [-0.2, 0) is 0 Å². The second-order valence-electron chi connectivity index (χ2n) is 3.60. The number of hydrogen-bond acceptors (Lipinski definition) is 1. The minimum absolute atomic E-state index is 0.680. The summed E-state index contributed by atoms with van der Waals surface area (Å²) in [4.78, 5) is 2.50. The van der Waals surface area contributed by atoms with Crippen LogP contribution in [0.3, 0.4) is 0 Å². The Morgan fingerprint density at radius 1 is 1.31 bits per heavy atom. The lowest BCUT2D eigenvalue weighted by Crippen LogP contribution is -2.34. The molecule has 0 saturated heterocycles. The Hall–Kier alpha value is -0.480. The predicted molar refractivity (Wildman–Crippen MR) is 59.7 cm³/mol. The molecule has 0 aliphatic heterocycles. The molecule has 0 aromatic rings. The van der Waals surface area contributed by atoms with Crippen LogP contribution >= 0.6 is 0 Å². The van der Waals surface area contributed by atoms with E-state index in [1.54, 1.807) is 0 Å². The highest BCUT2D eigenvalue weighted by Crippen LogP contribution is 2.06. The third-order valence-corrected chi connectivity index (χ3v) is 2.56. The number of rotatable bonds is 7. The van der Waals surface area contributed by atoms with E-state index in [1.165, 1.54) is 25.8 Å². The lowest BCUT2D eigenvalue weighted by molar-refractivity contribution is 0.205. The van der Waals surface area contributed by atoms with Gasteiger partial charge in [-0.25, -0.2) is 0 Å². The van der Waals surface area contributed by atoms with Gasteiger partial charge in [0.25, 0.3) is 0 Å². The summed E-state index contributed by atoms with van der Waals surface area (Å²) in [5.41, 5.74) is 0. The molecule has 1 atom stereocenters. The first-order valence-electron chi connectivity index (χ1n) is 5.43. The summed E-state index contributed by atoms with van der Waals surface area (Å²) in [6.07, 6.45) is 9.92. The normalized spacial score (nSPS) is 12.8. The highest BCUT2D eigenvalue weighted by Gasteiger charge is 2.09. The zero-order chi connectivity index (χ0) is 10.1. The third kappa shape index (κ3) is 5.71. The molecule has 0 radical (unpaired) electrons. The summed E-state index contributed by atoms with van der Waals surface area (Å²) in [5.74, 6) is 2.71. The van der Waals surface area contributed by atoms with Crippen LogP contribution in [0.1, 0.15) is 46.5 Å². The fraction of sp³-hybridized carbons (Fsp3) is 0.833. The third-order valence-electron chi connectivity index (χ3n) is 2.56. The maximum absolute atomic E-state index is 5.27. The molecule has 0 N–H and O–H groups in total. The predicted octanol–water partition coefficient (Wildman–Crippen LogP) is 2.91. The Labute approximate surface area is 83.5 Å². The van der Waals surface area contributed by atoms with Gasteiger partial charge in [0.1, 0.15) is 0 Å². The van der Waals surface area contributed by atoms with Gasteiger partial charge in [-0.3, -0.25) is 4.90 Å². The average Bonchev–Trinajstić information content (AvgIpc) is 2.17. The molecule has 76 valence electrons. The van der Waals surface area contributed by atoms with Gasteiger partial charge < -0.3 is 0 Å². The van der Waals surface area contributed by atoms with Gasteiger partial charge in [0.05, 0.1) is 0 Å². The maximum atomic E-state index is 5.27. The Morgan fingerprint density at radius 2 is 2.00 bits per heavy atom. The topological polar surface area (TPSA) is 3.24 Å². The number of unbranched alkanes of at least 4 members (excludes halogenated alkanes) is 1. The van der Waals surface area contributed by atoms with E-state index in [4.69, 9.17) is 6.42 Å². The van der Waals surface area contributed by atoms with Crippen molar-refractivity contribution in [2.75, 3.05) is 13.1 Å². The summed E-state index contributed by atoms with van der Waals surface area (Å²) in [7, 11) is 0. The molecule has 13 heavy (non-hydrogen) atoms. The standard InChI is InChI=1S/C12H23N/c1-5-8-10-13(11-9-6-2)12(4)7-3/h1,12H,6-11H2,2-4H3. The summed E-state index contributed by atoms with van der Waals surface area (Å²) < 4.78 is 0. The fourth-order valence-electron chi connectivity index (χ4n) is 1.38. The van der Waals surface area contributed by atoms with Crippen molar-refractivity contribution in [3.05, 3.63) is 0 Å². The van der Waals surface area contributed by atoms with Gasteiger partial charge in [-0.1, -0.05) is 20.3 Å². The first-order chi connectivity index (χ1) is 6.26. The molecule has 0 spiro atoms. The first-order valence-corrected chi connectivity index (χ1v) is 5.43. The molecule has 0 aliphatic rings. The molecule has 0 saturated carbocycles. The van der Waals surface area contributed by atoms with Crippen molar-refractivity contribution in [3.8, 4) is 12.3 Å². The molecular formula is C12H23N. The summed E-state index contributed by atoms with van der Waals surface area (Å²) >= 11 is 0. The van der Waals surface area contributed by atoms with E-state index in [2.05, 4.69) is 31.6 Å². The van der Waals surface area contributed by atoms with Crippen LogP contribution in [0.5, 0.6) is 0 Å². The van der Waals surface area contributed by atoms with Gasteiger partial charge in [0, 0.05) is 19.0 Å². The lowest BCUT2D eigenvalue weighted by Gasteiger charge is -2.27. The monoisotopic (exact) mass is 181 g/mol. The van der Waals surface area contributed by atoms with Gasteiger partial charge in [0.15, 0.2) is 0 Å². The van der Waals surface area contributed by atoms with E-state index in [-0.39, 0.29) is 0 Å². The van der Waals surface area contributed by atoms with Crippen molar-refractivity contribution in [1.82, 2.24) is 4.90 Å². The van der Waals surface area contributed by atoms with Crippen molar-refractivity contribution in [2.45, 2.75) is 52.5 Å². The van der Waals surface area contributed by atoms with Crippen LogP contribution in [0, 0.1) is 12.3 Å². The molecule has 0 bridgehead atoms. The summed E-state index contributed by atoms with van der Waals surface area (Å²) in [6.45, 7) is 9.01. The van der Waals surface area contributed by atoms with Gasteiger partial charge in [-0.15, -0.1) is 12.3 Å². The van der Waals surface area contributed by atoms with Crippen LogP contribution in [0.25, 0.3) is 0 Å². The van der Waals surface area contributed by atoms with Crippen LogP contribution in [-0.4, -0.2) is 24.0 Å². The molecule has 0 fully saturated rings. The number of nitrogens with zero attached hydrogens (tertiary/aromatic N) is 1. The second-order valence-corrected chi connectivity index (χ2v) is 3.60. The van der Waals surface area contributed by atoms with Crippen molar-refractivity contribution in [3.63, 3.8) is 0 Å². The molecule has 0 heterocycles. The van der Waals surface area contributed by atoms with Crippen molar-refractivity contribution in [1.29, 1.82) is 0 Å². The molecule has 0 rings (SSSR count). The molecule has 0 aromatic heterocycles. The zero-order valence-electron chi connectivity index (χ0n) is 9.34. The average molecular weight is 181 g/mol. The Balaban J connectivity index is 3.80. The smallest absolute Gasteiger partial charge is 0.0214 e. The Morgan fingerprint density at radius 3 is 2.46 bits per heavy atom. The van der Waals surface area contributed by atoms with Crippen LogP contribution in [0.4, 0.5) is 0 Å². The maximum Gasteiger partial charge on any atom is 0.0214 e. The second kappa shape index (κ2) is 8.13. The largest absolute Gasteiger partial charge is 0.300 e. The molecule has 1 nitrogen and oxygen atoms in total. The Bertz CT molecular complexity index is 146. The molecule has 1 heteroatoms. The van der Waals surface area contributed by atoms with E-state index in [0.29, 0.717) is 6.04 Å². The van der Waals surface area contributed by atoms with Crippen molar-refractivity contribution >= 4 is 0 Å². The molecule has 0 aromatic carbocycles. The lowest BCUT2D eigenvalue weighted by atomic mass is 10.2. The van der Waals surface area contributed by atoms with E-state index in [0.717, 1.165) is 13.0 Å². The number of terminal acetylenes is 1. The summed E-state index contributed by atoms with van der Waals surface area (Å²) in [6, 6.07) is 0.680. The highest BCUT2D eigenvalue weighted by molar-refractivity contribution is 4.85. The highest BCUT2D eigenvalue weighted by atomic mass is 15.1. The van der Waals surface area contributed by atoms with Crippen LogP contribution < -0.4 is 0 Å². The Kier molecular flexibility index (Phi) is 7.83. The van der Waals surface area contributed by atoms with Crippen LogP contribution in [0.15, 0.2) is 0 Å². The van der Waals surface area contributed by atoms with E-state index in [9.17, 15) is 0 Å². The quantitative estimate of drug-likeness (QED) is 0.546. The molecular weight excluding hydrogens is 158 g/mol. The minimum Gasteiger partial charge on any atom is -0.300 e. The van der Waals surface area contributed by atoms with Gasteiger partial charge in [-0.2, -0.15) is 0 Å². The first kappa shape index (κ1) is 12.5. The van der Waals surface area contributed by atoms with E-state index in [1.807, 2.05) is 0 Å². The minimum atomic E-state index is 0.680. The molecule has 1 unspecified atom stereocenters. The van der Waals surface area contributed by atoms with Crippen molar-refractivity contribution in [2.24, 2.45) is 0 Å². The van der Waals surface area contributed by atoms with Gasteiger partial charge in [-0.05, 0) is 26.3 Å².